The monoisotopic (exact) mass is 387 g/mol. The lowest BCUT2D eigenvalue weighted by atomic mass is 10.00. The smallest absolute Gasteiger partial charge is 0.344 e. The topological polar surface area (TPSA) is 77.8 Å². The third kappa shape index (κ3) is 4.43. The number of aliphatic carboxylic acids is 2. The largest absolute Gasteiger partial charge is 0.477 e. The molecule has 2 N–H and O–H groups in total. The Hall–Kier alpha value is -2.51. The van der Waals surface area contributed by atoms with Gasteiger partial charge in [-0.05, 0) is 25.7 Å². The number of allylic oxidation sites excluding steroid dienone is 1. The highest BCUT2D eigenvalue weighted by atomic mass is 19.2. The van der Waals surface area contributed by atoms with Gasteiger partial charge in [-0.25, -0.2) is 22.8 Å². The maximum absolute atomic E-state index is 14.4. The van der Waals surface area contributed by atoms with E-state index in [2.05, 4.69) is 0 Å². The van der Waals surface area contributed by atoms with E-state index in [-0.39, 0.29) is 29.8 Å². The van der Waals surface area contributed by atoms with E-state index in [1.807, 2.05) is 0 Å². The second-order valence-corrected chi connectivity index (χ2v) is 5.96. The van der Waals surface area contributed by atoms with Crippen LogP contribution in [0.1, 0.15) is 52.5 Å². The van der Waals surface area contributed by atoms with E-state index in [4.69, 9.17) is 0 Å². The Morgan fingerprint density at radius 2 is 1.52 bits per heavy atom. The number of anilines is 1. The van der Waals surface area contributed by atoms with Gasteiger partial charge in [-0.3, -0.25) is 0 Å². The zero-order valence-electron chi connectivity index (χ0n) is 15.8. The summed E-state index contributed by atoms with van der Waals surface area (Å²) in [5, 5.41) is 18.7. The first-order chi connectivity index (χ1) is 12.7. The molecule has 0 radical (unpaired) electrons. The van der Waals surface area contributed by atoms with Crippen LogP contribution in [-0.4, -0.2) is 28.2 Å². The zero-order valence-corrected chi connectivity index (χ0v) is 15.8. The highest BCUT2D eigenvalue weighted by Crippen LogP contribution is 2.35. The summed E-state index contributed by atoms with van der Waals surface area (Å²) in [6.45, 7) is 6.68. The highest BCUT2D eigenvalue weighted by molar-refractivity contribution is 6.13. The summed E-state index contributed by atoms with van der Waals surface area (Å²) in [6, 6.07) is 0.371. The summed E-state index contributed by atoms with van der Waals surface area (Å²) < 4.78 is 42.0. The highest BCUT2D eigenvalue weighted by Gasteiger charge is 2.31. The summed E-state index contributed by atoms with van der Waals surface area (Å²) >= 11 is 0. The molecule has 1 aromatic rings. The van der Waals surface area contributed by atoms with E-state index in [0.717, 1.165) is 6.07 Å². The lowest BCUT2D eigenvalue weighted by molar-refractivity contribution is -0.140. The third-order valence-corrected chi connectivity index (χ3v) is 4.50. The second-order valence-electron chi connectivity index (χ2n) is 5.96. The fraction of sp³-hybridized carbons (Fsp3) is 0.474. The Kier molecular flexibility index (Phi) is 7.87. The lowest BCUT2D eigenvalue weighted by Gasteiger charge is -2.36. The van der Waals surface area contributed by atoms with Crippen molar-refractivity contribution in [2.24, 2.45) is 0 Å². The number of rotatable bonds is 9. The number of nitrogens with zero attached hydrogens (tertiary/aromatic N) is 1. The van der Waals surface area contributed by atoms with E-state index in [9.17, 15) is 33.0 Å². The van der Waals surface area contributed by atoms with Crippen molar-refractivity contribution < 1.29 is 33.0 Å². The zero-order chi connectivity index (χ0) is 20.9. The second kappa shape index (κ2) is 9.43. The summed E-state index contributed by atoms with van der Waals surface area (Å²) in [5.74, 6) is -7.70. The van der Waals surface area contributed by atoms with Crippen LogP contribution in [0, 0.1) is 17.5 Å². The summed E-state index contributed by atoms with van der Waals surface area (Å²) in [6.07, 6.45) is 0.919. The Bertz CT molecular complexity index is 742. The number of carboxylic acids is 2. The molecule has 0 aromatic heterocycles. The summed E-state index contributed by atoms with van der Waals surface area (Å²) in [7, 11) is 0. The van der Waals surface area contributed by atoms with Gasteiger partial charge >= 0.3 is 11.9 Å². The molecule has 0 aliphatic carbocycles. The van der Waals surface area contributed by atoms with Crippen molar-refractivity contribution in [3.05, 3.63) is 40.4 Å². The molecule has 0 spiro atoms. The molecule has 0 bridgehead atoms. The van der Waals surface area contributed by atoms with E-state index in [0.29, 0.717) is 12.8 Å². The minimum Gasteiger partial charge on any atom is -0.477 e. The summed E-state index contributed by atoms with van der Waals surface area (Å²) in [4.78, 5) is 24.4. The van der Waals surface area contributed by atoms with Crippen LogP contribution in [0.15, 0.2) is 17.3 Å². The van der Waals surface area contributed by atoms with Crippen LogP contribution in [0.3, 0.4) is 0 Å². The predicted octanol–water partition coefficient (Wildman–Crippen LogP) is 4.49. The molecule has 1 rings (SSSR count). The van der Waals surface area contributed by atoms with Gasteiger partial charge in [-0.2, -0.15) is 0 Å². The fourth-order valence-corrected chi connectivity index (χ4v) is 3.19. The van der Waals surface area contributed by atoms with Crippen LogP contribution in [0.4, 0.5) is 18.9 Å². The number of hydrogen-bond acceptors (Lipinski definition) is 3. The molecule has 0 atom stereocenters. The first kappa shape index (κ1) is 22.5. The number of hydrogen-bond donors (Lipinski definition) is 2. The van der Waals surface area contributed by atoms with Gasteiger partial charge in [0.25, 0.3) is 0 Å². The van der Waals surface area contributed by atoms with Gasteiger partial charge in [0.05, 0.1) is 5.69 Å². The van der Waals surface area contributed by atoms with E-state index in [1.165, 1.54) is 4.90 Å². The molecule has 0 saturated heterocycles. The molecule has 0 aliphatic rings. The average molecular weight is 387 g/mol. The first-order valence-corrected chi connectivity index (χ1v) is 8.81. The predicted molar refractivity (Wildman–Crippen MR) is 95.1 cm³/mol. The molecule has 8 heteroatoms. The van der Waals surface area contributed by atoms with Gasteiger partial charge in [0.1, 0.15) is 0 Å². The quantitative estimate of drug-likeness (QED) is 0.282. The molecule has 0 fully saturated rings. The molecular formula is C19H24F3NO4. The molecule has 5 nitrogen and oxygen atoms in total. The van der Waals surface area contributed by atoms with Gasteiger partial charge in [-0.1, -0.05) is 27.7 Å². The Morgan fingerprint density at radius 1 is 1.00 bits per heavy atom. The van der Waals surface area contributed by atoms with Gasteiger partial charge in [0.15, 0.2) is 23.0 Å². The number of carbonyl (C=O) groups is 2. The molecule has 150 valence electrons. The van der Waals surface area contributed by atoms with Gasteiger partial charge in [-0.15, -0.1) is 0 Å². The fourth-order valence-electron chi connectivity index (χ4n) is 3.19. The lowest BCUT2D eigenvalue weighted by Crippen LogP contribution is -2.37. The Labute approximate surface area is 156 Å². The number of carboxylic acid groups (broad SMARTS) is 2. The maximum atomic E-state index is 14.4. The molecule has 27 heavy (non-hydrogen) atoms. The van der Waals surface area contributed by atoms with Crippen molar-refractivity contribution >= 4 is 17.6 Å². The third-order valence-electron chi connectivity index (χ3n) is 4.50. The number of halogens is 3. The SMILES string of the molecule is CCC(=C(C(=O)O)C(=O)O)N(c1cc(F)c(F)c(F)c1CC)C(CC)CC. The van der Waals surface area contributed by atoms with E-state index in [1.54, 1.807) is 27.7 Å². The molecule has 0 amide bonds. The van der Waals surface area contributed by atoms with Crippen molar-refractivity contribution in [3.8, 4) is 0 Å². The van der Waals surface area contributed by atoms with Crippen molar-refractivity contribution in [3.63, 3.8) is 0 Å². The van der Waals surface area contributed by atoms with Crippen LogP contribution >= 0.6 is 0 Å². The molecule has 0 heterocycles. The van der Waals surface area contributed by atoms with Crippen molar-refractivity contribution in [1.29, 1.82) is 0 Å². The van der Waals surface area contributed by atoms with E-state index < -0.39 is 41.0 Å². The molecule has 1 aromatic carbocycles. The normalized spacial score (nSPS) is 10.8. The standard InChI is InChI=1S/C19H24F3NO4/c1-5-10(6-2)23(13(8-4)15(18(24)25)19(26)27)14-9-12(20)17(22)16(21)11(14)7-3/h9-10H,5-8H2,1-4H3,(H,24,25)(H,26,27). The maximum Gasteiger partial charge on any atom is 0.344 e. The van der Waals surface area contributed by atoms with Crippen LogP contribution in [0.2, 0.25) is 0 Å². The van der Waals surface area contributed by atoms with Crippen molar-refractivity contribution in [2.45, 2.75) is 59.4 Å². The van der Waals surface area contributed by atoms with Gasteiger partial charge < -0.3 is 15.1 Å². The molecule has 0 aliphatic heterocycles. The van der Waals surface area contributed by atoms with Gasteiger partial charge in [0.2, 0.25) is 0 Å². The Balaban J connectivity index is 3.97. The van der Waals surface area contributed by atoms with E-state index >= 15 is 0 Å². The average Bonchev–Trinajstić information content (AvgIpc) is 2.61. The van der Waals surface area contributed by atoms with Crippen LogP contribution in [0.25, 0.3) is 0 Å². The minimum atomic E-state index is -1.66. The molecule has 0 unspecified atom stereocenters. The van der Waals surface area contributed by atoms with Crippen molar-refractivity contribution in [1.82, 2.24) is 0 Å². The molecule has 0 saturated carbocycles. The molecular weight excluding hydrogens is 363 g/mol. The van der Waals surface area contributed by atoms with Gasteiger partial charge in [0, 0.05) is 23.4 Å². The minimum absolute atomic E-state index is 0.00575. The number of benzene rings is 1. The van der Waals surface area contributed by atoms with Crippen LogP contribution < -0.4 is 4.90 Å². The first-order valence-electron chi connectivity index (χ1n) is 8.81. The van der Waals surface area contributed by atoms with Crippen LogP contribution in [0.5, 0.6) is 0 Å². The van der Waals surface area contributed by atoms with Crippen molar-refractivity contribution in [2.75, 3.05) is 4.90 Å². The van der Waals surface area contributed by atoms with Crippen LogP contribution in [-0.2, 0) is 16.0 Å². The summed E-state index contributed by atoms with van der Waals surface area (Å²) in [5.41, 5.74) is -1.17. The Morgan fingerprint density at radius 3 is 1.89 bits per heavy atom.